The zero-order valence-corrected chi connectivity index (χ0v) is 12.9. The Kier molecular flexibility index (Phi) is 3.88. The van der Waals surface area contributed by atoms with Crippen LogP contribution in [0.4, 0.5) is 10.9 Å². The molecule has 0 unspecified atom stereocenters. The molecule has 0 spiro atoms. The highest BCUT2D eigenvalue weighted by Crippen LogP contribution is 2.25. The van der Waals surface area contributed by atoms with Gasteiger partial charge in [0.15, 0.2) is 16.7 Å². The lowest BCUT2D eigenvalue weighted by atomic mass is 10.3. The molecule has 0 atom stereocenters. The predicted molar refractivity (Wildman–Crippen MR) is 85.4 cm³/mol. The van der Waals surface area contributed by atoms with E-state index in [1.807, 2.05) is 25.1 Å². The van der Waals surface area contributed by atoms with Gasteiger partial charge in [-0.2, -0.15) is 0 Å². The zero-order chi connectivity index (χ0) is 15.5. The Labute approximate surface area is 131 Å². The minimum absolute atomic E-state index is 0.0105. The molecule has 3 heterocycles. The van der Waals surface area contributed by atoms with Crippen LogP contribution in [0, 0.1) is 6.92 Å². The third kappa shape index (κ3) is 2.99. The Hall–Kier alpha value is -2.67. The van der Waals surface area contributed by atoms with Crippen molar-refractivity contribution in [2.24, 2.45) is 0 Å². The number of aromatic nitrogens is 4. The zero-order valence-electron chi connectivity index (χ0n) is 12.1. The number of aryl methyl sites for hydroxylation is 1. The summed E-state index contributed by atoms with van der Waals surface area (Å²) in [6.07, 6.45) is 4.97. The Balaban J connectivity index is 1.87. The molecule has 0 amide bonds. The number of Topliss-reactive ketones (excluding diaryl/α,β-unsaturated/α-hetero) is 1. The van der Waals surface area contributed by atoms with Crippen LogP contribution in [-0.2, 0) is 0 Å². The molecule has 0 aromatic carbocycles. The maximum atomic E-state index is 11.5. The van der Waals surface area contributed by atoms with Crippen LogP contribution in [0.1, 0.15) is 22.3 Å². The summed E-state index contributed by atoms with van der Waals surface area (Å²) in [4.78, 5) is 29.3. The van der Waals surface area contributed by atoms with Gasteiger partial charge >= 0.3 is 0 Å². The van der Waals surface area contributed by atoms with E-state index in [1.54, 1.807) is 18.6 Å². The normalized spacial score (nSPS) is 10.5. The van der Waals surface area contributed by atoms with Crippen LogP contribution in [0.2, 0.25) is 0 Å². The first kappa shape index (κ1) is 14.3. The van der Waals surface area contributed by atoms with Crippen LogP contribution in [0.5, 0.6) is 0 Å². The van der Waals surface area contributed by atoms with Crippen molar-refractivity contribution in [3.8, 4) is 11.4 Å². The van der Waals surface area contributed by atoms with E-state index in [0.29, 0.717) is 27.2 Å². The lowest BCUT2D eigenvalue weighted by molar-refractivity contribution is 0.102. The number of hydrogen-bond donors (Lipinski definition) is 1. The Morgan fingerprint density at radius 1 is 1.18 bits per heavy atom. The quantitative estimate of drug-likeness (QED) is 0.745. The summed E-state index contributed by atoms with van der Waals surface area (Å²) >= 11 is 1.31. The van der Waals surface area contributed by atoms with Crippen LogP contribution in [-0.4, -0.2) is 25.7 Å². The molecule has 0 saturated carbocycles. The minimum atomic E-state index is 0.0105. The first-order valence-corrected chi connectivity index (χ1v) is 7.44. The summed E-state index contributed by atoms with van der Waals surface area (Å²) in [5.41, 5.74) is 2.14. The number of thiazole rings is 1. The lowest BCUT2D eigenvalue weighted by Gasteiger charge is -2.03. The van der Waals surface area contributed by atoms with Gasteiger partial charge in [-0.05, 0) is 19.1 Å². The van der Waals surface area contributed by atoms with Gasteiger partial charge in [-0.15, -0.1) is 0 Å². The highest BCUT2D eigenvalue weighted by atomic mass is 32.1. The van der Waals surface area contributed by atoms with Crippen molar-refractivity contribution >= 4 is 28.1 Å². The summed E-state index contributed by atoms with van der Waals surface area (Å²) in [6, 6.07) is 5.61. The highest BCUT2D eigenvalue weighted by Gasteiger charge is 2.12. The summed E-state index contributed by atoms with van der Waals surface area (Å²) in [5, 5.41) is 3.70. The number of carbonyl (C=O) groups excluding carboxylic acids is 1. The van der Waals surface area contributed by atoms with E-state index in [-0.39, 0.29) is 5.78 Å². The number of pyridine rings is 1. The average molecular weight is 311 g/mol. The van der Waals surface area contributed by atoms with Gasteiger partial charge < -0.3 is 5.32 Å². The van der Waals surface area contributed by atoms with Gasteiger partial charge in [0.25, 0.3) is 0 Å². The molecular formula is C15H13N5OS. The van der Waals surface area contributed by atoms with Crippen LogP contribution in [0.15, 0.2) is 36.8 Å². The molecule has 6 nitrogen and oxygen atoms in total. The average Bonchev–Trinajstić information content (AvgIpc) is 2.89. The van der Waals surface area contributed by atoms with Gasteiger partial charge in [-0.3, -0.25) is 14.8 Å². The Morgan fingerprint density at radius 2 is 2.05 bits per heavy atom. The standard InChI is InChI=1S/C15H13N5OS/c1-9-14(10(2)21)22-15(18-9)20-13-8-16-7-12(19-13)11-5-3-4-6-17-11/h3-8H,1-2H3,(H,18,19,20). The van der Waals surface area contributed by atoms with Gasteiger partial charge in [-0.25, -0.2) is 9.97 Å². The molecule has 3 aromatic heterocycles. The minimum Gasteiger partial charge on any atom is -0.315 e. The summed E-state index contributed by atoms with van der Waals surface area (Å²) in [6.45, 7) is 3.35. The molecular weight excluding hydrogens is 298 g/mol. The van der Waals surface area contributed by atoms with Crippen LogP contribution in [0.3, 0.4) is 0 Å². The molecule has 3 aromatic rings. The van der Waals surface area contributed by atoms with Gasteiger partial charge in [0.1, 0.15) is 5.69 Å². The van der Waals surface area contributed by atoms with Crippen molar-refractivity contribution < 1.29 is 4.79 Å². The molecule has 22 heavy (non-hydrogen) atoms. The lowest BCUT2D eigenvalue weighted by Crippen LogP contribution is -1.96. The first-order valence-electron chi connectivity index (χ1n) is 6.62. The first-order chi connectivity index (χ1) is 10.6. The number of hydrogen-bond acceptors (Lipinski definition) is 7. The third-order valence-corrected chi connectivity index (χ3v) is 4.09. The molecule has 0 fully saturated rings. The third-order valence-electron chi connectivity index (χ3n) is 2.91. The number of nitrogens with zero attached hydrogens (tertiary/aromatic N) is 4. The van der Waals surface area contributed by atoms with Crippen molar-refractivity contribution in [2.45, 2.75) is 13.8 Å². The molecule has 3 rings (SSSR count). The second kappa shape index (κ2) is 5.98. The number of nitrogens with one attached hydrogen (secondary N) is 1. The van der Waals surface area contributed by atoms with Gasteiger partial charge in [0, 0.05) is 13.1 Å². The number of ketones is 1. The molecule has 7 heteroatoms. The SMILES string of the molecule is CC(=O)c1sc(Nc2cncc(-c3ccccn3)n2)nc1C. The second-order valence-corrected chi connectivity index (χ2v) is 5.62. The maximum Gasteiger partial charge on any atom is 0.189 e. The van der Waals surface area contributed by atoms with E-state index >= 15 is 0 Å². The maximum absolute atomic E-state index is 11.5. The van der Waals surface area contributed by atoms with Gasteiger partial charge in [0.05, 0.1) is 28.7 Å². The van der Waals surface area contributed by atoms with Crippen molar-refractivity contribution in [3.63, 3.8) is 0 Å². The topological polar surface area (TPSA) is 80.7 Å². The van der Waals surface area contributed by atoms with E-state index in [9.17, 15) is 4.79 Å². The monoisotopic (exact) mass is 311 g/mol. The number of carbonyl (C=O) groups is 1. The smallest absolute Gasteiger partial charge is 0.189 e. The van der Waals surface area contributed by atoms with Crippen LogP contribution >= 0.6 is 11.3 Å². The number of rotatable bonds is 4. The molecule has 0 bridgehead atoms. The molecule has 110 valence electrons. The van der Waals surface area contributed by atoms with Gasteiger partial charge in [-0.1, -0.05) is 17.4 Å². The molecule has 1 N–H and O–H groups in total. The molecule has 0 aliphatic heterocycles. The highest BCUT2D eigenvalue weighted by molar-refractivity contribution is 7.17. The van der Waals surface area contributed by atoms with Gasteiger partial charge in [0.2, 0.25) is 0 Å². The fraction of sp³-hybridized carbons (Fsp3) is 0.133. The van der Waals surface area contributed by atoms with Crippen LogP contribution in [0.25, 0.3) is 11.4 Å². The van der Waals surface area contributed by atoms with Crippen LogP contribution < -0.4 is 5.32 Å². The van der Waals surface area contributed by atoms with Crippen molar-refractivity contribution in [1.82, 2.24) is 19.9 Å². The molecule has 0 saturated heterocycles. The van der Waals surface area contributed by atoms with E-state index in [1.165, 1.54) is 18.3 Å². The molecule has 0 aliphatic carbocycles. The Bertz CT molecular complexity index is 816. The van der Waals surface area contributed by atoms with E-state index in [0.717, 1.165) is 5.69 Å². The Morgan fingerprint density at radius 3 is 2.73 bits per heavy atom. The van der Waals surface area contributed by atoms with E-state index in [4.69, 9.17) is 0 Å². The summed E-state index contributed by atoms with van der Waals surface area (Å²) in [7, 11) is 0. The van der Waals surface area contributed by atoms with Crippen molar-refractivity contribution in [2.75, 3.05) is 5.32 Å². The second-order valence-electron chi connectivity index (χ2n) is 4.62. The fourth-order valence-corrected chi connectivity index (χ4v) is 2.82. The largest absolute Gasteiger partial charge is 0.315 e. The van der Waals surface area contributed by atoms with E-state index in [2.05, 4.69) is 25.3 Å². The van der Waals surface area contributed by atoms with E-state index < -0.39 is 0 Å². The molecule has 0 radical (unpaired) electrons. The number of anilines is 2. The van der Waals surface area contributed by atoms with Crippen molar-refractivity contribution in [3.05, 3.63) is 47.4 Å². The fourth-order valence-electron chi connectivity index (χ4n) is 1.95. The summed E-state index contributed by atoms with van der Waals surface area (Å²) in [5.74, 6) is 0.573. The summed E-state index contributed by atoms with van der Waals surface area (Å²) < 4.78 is 0. The molecule has 0 aliphatic rings. The van der Waals surface area contributed by atoms with Crippen molar-refractivity contribution in [1.29, 1.82) is 0 Å². The predicted octanol–water partition coefficient (Wildman–Crippen LogP) is 3.25.